The van der Waals surface area contributed by atoms with Crippen molar-refractivity contribution in [2.45, 2.75) is 18.9 Å². The number of rotatable bonds is 2. The summed E-state index contributed by atoms with van der Waals surface area (Å²) >= 11 is 3.22. The molecule has 1 fully saturated rings. The molecule has 18 heavy (non-hydrogen) atoms. The quantitative estimate of drug-likeness (QED) is 0.911. The molecule has 1 unspecified atom stereocenters. The van der Waals surface area contributed by atoms with Crippen molar-refractivity contribution in [2.75, 3.05) is 13.1 Å². The van der Waals surface area contributed by atoms with E-state index < -0.39 is 6.09 Å². The van der Waals surface area contributed by atoms with Crippen molar-refractivity contribution >= 4 is 22.0 Å². The third-order valence-corrected chi connectivity index (χ3v) is 3.46. The summed E-state index contributed by atoms with van der Waals surface area (Å²) in [4.78, 5) is 12.2. The zero-order valence-corrected chi connectivity index (χ0v) is 11.2. The maximum atomic E-state index is 12.9. The number of hydrogen-bond donors (Lipinski definition) is 1. The zero-order valence-electron chi connectivity index (χ0n) is 9.60. The highest BCUT2D eigenvalue weighted by atomic mass is 79.9. The lowest BCUT2D eigenvalue weighted by molar-refractivity contribution is 0.0787. The maximum Gasteiger partial charge on any atom is 0.407 e. The Morgan fingerprint density at radius 2 is 2.33 bits per heavy atom. The first kappa shape index (κ1) is 13.1. The monoisotopic (exact) mass is 317 g/mol. The summed E-state index contributed by atoms with van der Waals surface area (Å²) in [5.41, 5.74) is 0. The predicted octanol–water partition coefficient (Wildman–Crippen LogP) is 3.11. The van der Waals surface area contributed by atoms with Crippen molar-refractivity contribution in [3.05, 3.63) is 28.5 Å². The molecule has 2 rings (SSSR count). The Morgan fingerprint density at radius 3 is 3.00 bits per heavy atom. The molecule has 1 aromatic carbocycles. The van der Waals surface area contributed by atoms with Crippen LogP contribution in [0.15, 0.2) is 22.7 Å². The smallest absolute Gasteiger partial charge is 0.407 e. The van der Waals surface area contributed by atoms with Crippen LogP contribution in [0, 0.1) is 5.82 Å². The fourth-order valence-electron chi connectivity index (χ4n) is 1.96. The molecule has 1 atom stereocenters. The molecular formula is C12H13BrFNO3. The van der Waals surface area contributed by atoms with E-state index in [0.717, 1.165) is 12.8 Å². The summed E-state index contributed by atoms with van der Waals surface area (Å²) in [6, 6.07) is 4.18. The van der Waals surface area contributed by atoms with Crippen molar-refractivity contribution in [3.8, 4) is 5.75 Å². The van der Waals surface area contributed by atoms with Crippen molar-refractivity contribution in [3.63, 3.8) is 0 Å². The third kappa shape index (κ3) is 3.13. The number of ether oxygens (including phenoxy) is 1. The van der Waals surface area contributed by atoms with Crippen LogP contribution in [0.1, 0.15) is 12.8 Å². The van der Waals surface area contributed by atoms with Gasteiger partial charge in [0.1, 0.15) is 17.7 Å². The van der Waals surface area contributed by atoms with E-state index in [9.17, 15) is 9.18 Å². The first-order valence-corrected chi connectivity index (χ1v) is 6.45. The molecule has 1 N–H and O–H groups in total. The Balaban J connectivity index is 2.02. The molecule has 0 aromatic heterocycles. The molecule has 4 nitrogen and oxygen atoms in total. The number of amides is 1. The second-order valence-electron chi connectivity index (χ2n) is 4.19. The van der Waals surface area contributed by atoms with Crippen LogP contribution in [0.2, 0.25) is 0 Å². The van der Waals surface area contributed by atoms with Gasteiger partial charge in [0.05, 0.1) is 11.0 Å². The largest absolute Gasteiger partial charge is 0.487 e. The Bertz CT molecular complexity index is 455. The number of nitrogens with zero attached hydrogens (tertiary/aromatic N) is 1. The van der Waals surface area contributed by atoms with E-state index in [1.165, 1.54) is 17.0 Å². The van der Waals surface area contributed by atoms with E-state index in [2.05, 4.69) is 15.9 Å². The summed E-state index contributed by atoms with van der Waals surface area (Å²) in [5, 5.41) is 8.92. The van der Waals surface area contributed by atoms with Crippen LogP contribution in [-0.4, -0.2) is 35.3 Å². The number of carboxylic acid groups (broad SMARTS) is 1. The van der Waals surface area contributed by atoms with Crippen LogP contribution in [0.4, 0.5) is 9.18 Å². The standard InChI is InChI=1S/C12H13BrFNO3/c13-10-6-8(14)3-4-11(10)18-9-2-1-5-15(7-9)12(16)17/h3-4,6,9H,1-2,5,7H2,(H,16,17). The van der Waals surface area contributed by atoms with Gasteiger partial charge in [0.25, 0.3) is 0 Å². The van der Waals surface area contributed by atoms with E-state index in [-0.39, 0.29) is 11.9 Å². The summed E-state index contributed by atoms with van der Waals surface area (Å²) in [6.07, 6.45) is 0.460. The molecule has 6 heteroatoms. The van der Waals surface area contributed by atoms with Gasteiger partial charge in [-0.2, -0.15) is 0 Å². The second-order valence-corrected chi connectivity index (χ2v) is 5.04. The van der Waals surface area contributed by atoms with Gasteiger partial charge in [-0.25, -0.2) is 9.18 Å². The lowest BCUT2D eigenvalue weighted by Crippen LogP contribution is -2.43. The SMILES string of the molecule is O=C(O)N1CCCC(Oc2ccc(F)cc2Br)C1. The number of halogens is 2. The Hall–Kier alpha value is -1.30. The van der Waals surface area contributed by atoms with E-state index in [1.54, 1.807) is 6.07 Å². The topological polar surface area (TPSA) is 49.8 Å². The Labute approximate surface area is 112 Å². The highest BCUT2D eigenvalue weighted by molar-refractivity contribution is 9.10. The third-order valence-electron chi connectivity index (χ3n) is 2.84. The normalized spacial score (nSPS) is 19.7. The highest BCUT2D eigenvalue weighted by Gasteiger charge is 2.24. The minimum Gasteiger partial charge on any atom is -0.487 e. The van der Waals surface area contributed by atoms with Crippen molar-refractivity contribution < 1.29 is 19.0 Å². The number of likely N-dealkylation sites (tertiary alicyclic amines) is 1. The first-order valence-electron chi connectivity index (χ1n) is 5.66. The molecule has 1 amide bonds. The van der Waals surface area contributed by atoms with Crippen LogP contribution >= 0.6 is 15.9 Å². The lowest BCUT2D eigenvalue weighted by atomic mass is 10.1. The average Bonchev–Trinajstić information content (AvgIpc) is 2.33. The van der Waals surface area contributed by atoms with Gasteiger partial charge in [0.15, 0.2) is 0 Å². The molecule has 0 saturated carbocycles. The van der Waals surface area contributed by atoms with E-state index in [1.807, 2.05) is 0 Å². The minimum atomic E-state index is -0.929. The number of benzene rings is 1. The summed E-state index contributed by atoms with van der Waals surface area (Å²) < 4.78 is 19.2. The van der Waals surface area contributed by atoms with Gasteiger partial charge in [-0.15, -0.1) is 0 Å². The number of carbonyl (C=O) groups is 1. The van der Waals surface area contributed by atoms with Crippen LogP contribution in [0.3, 0.4) is 0 Å². The molecule has 1 aliphatic heterocycles. The number of hydrogen-bond acceptors (Lipinski definition) is 2. The maximum absolute atomic E-state index is 12.9. The molecule has 98 valence electrons. The van der Waals surface area contributed by atoms with Crippen LogP contribution < -0.4 is 4.74 Å². The van der Waals surface area contributed by atoms with Gasteiger partial charge < -0.3 is 14.7 Å². The summed E-state index contributed by atoms with van der Waals surface area (Å²) in [6.45, 7) is 0.888. The molecule has 1 saturated heterocycles. The number of piperidine rings is 1. The van der Waals surface area contributed by atoms with Gasteiger partial charge in [0, 0.05) is 6.54 Å². The first-order chi connectivity index (χ1) is 8.56. The second kappa shape index (κ2) is 5.56. The summed E-state index contributed by atoms with van der Waals surface area (Å²) in [5.74, 6) is 0.193. The van der Waals surface area contributed by atoms with Gasteiger partial charge in [-0.3, -0.25) is 0 Å². The Morgan fingerprint density at radius 1 is 1.56 bits per heavy atom. The molecule has 0 aliphatic carbocycles. The predicted molar refractivity (Wildman–Crippen MR) is 67.3 cm³/mol. The van der Waals surface area contributed by atoms with E-state index >= 15 is 0 Å². The van der Waals surface area contributed by atoms with Crippen LogP contribution in [-0.2, 0) is 0 Å². The Kier molecular flexibility index (Phi) is 4.06. The fourth-order valence-corrected chi connectivity index (χ4v) is 2.40. The van der Waals surface area contributed by atoms with Gasteiger partial charge in [-0.1, -0.05) is 0 Å². The van der Waals surface area contributed by atoms with Crippen molar-refractivity contribution in [2.24, 2.45) is 0 Å². The molecule has 0 bridgehead atoms. The van der Waals surface area contributed by atoms with Crippen LogP contribution in [0.25, 0.3) is 0 Å². The molecular weight excluding hydrogens is 305 g/mol. The lowest BCUT2D eigenvalue weighted by Gasteiger charge is -2.31. The summed E-state index contributed by atoms with van der Waals surface area (Å²) in [7, 11) is 0. The molecule has 0 radical (unpaired) electrons. The van der Waals surface area contributed by atoms with Gasteiger partial charge in [0.2, 0.25) is 0 Å². The molecule has 1 aromatic rings. The molecule has 0 spiro atoms. The molecule has 1 heterocycles. The van der Waals surface area contributed by atoms with Crippen molar-refractivity contribution in [1.29, 1.82) is 0 Å². The van der Waals surface area contributed by atoms with Gasteiger partial charge in [-0.05, 0) is 47.0 Å². The van der Waals surface area contributed by atoms with Crippen molar-refractivity contribution in [1.82, 2.24) is 4.90 Å². The van der Waals surface area contributed by atoms with Crippen LogP contribution in [0.5, 0.6) is 5.75 Å². The highest BCUT2D eigenvalue weighted by Crippen LogP contribution is 2.28. The minimum absolute atomic E-state index is 0.184. The molecule has 1 aliphatic rings. The van der Waals surface area contributed by atoms with E-state index in [4.69, 9.17) is 9.84 Å². The van der Waals surface area contributed by atoms with Gasteiger partial charge >= 0.3 is 6.09 Å². The zero-order chi connectivity index (χ0) is 13.1. The van der Waals surface area contributed by atoms with E-state index in [0.29, 0.717) is 23.3 Å². The average molecular weight is 318 g/mol. The fraction of sp³-hybridized carbons (Fsp3) is 0.417.